The number of hydrogen-bond acceptors (Lipinski definition) is 3. The van der Waals surface area contributed by atoms with Crippen LogP contribution in [0, 0.1) is 5.41 Å². The van der Waals surface area contributed by atoms with E-state index in [0.29, 0.717) is 5.69 Å². The van der Waals surface area contributed by atoms with E-state index in [1.165, 1.54) is 6.92 Å². The van der Waals surface area contributed by atoms with Gasteiger partial charge in [-0.1, -0.05) is 20.8 Å². The molecule has 17 heavy (non-hydrogen) atoms. The van der Waals surface area contributed by atoms with Crippen molar-refractivity contribution in [2.45, 2.75) is 34.1 Å². The van der Waals surface area contributed by atoms with Gasteiger partial charge in [-0.25, -0.2) is 0 Å². The number of pyridine rings is 1. The largest absolute Gasteiger partial charge is 0.325 e. The van der Waals surface area contributed by atoms with E-state index in [2.05, 4.69) is 10.3 Å². The van der Waals surface area contributed by atoms with Crippen LogP contribution in [0.3, 0.4) is 0 Å². The fourth-order valence-electron chi connectivity index (χ4n) is 1.27. The molecular weight excluding hydrogens is 216 g/mol. The molecule has 1 N–H and O–H groups in total. The van der Waals surface area contributed by atoms with Gasteiger partial charge in [-0.05, 0) is 13.0 Å². The summed E-state index contributed by atoms with van der Waals surface area (Å²) in [7, 11) is 0. The molecule has 0 fully saturated rings. The van der Waals surface area contributed by atoms with Crippen molar-refractivity contribution < 1.29 is 9.59 Å². The molecule has 0 unspecified atom stereocenters. The SMILES string of the molecule is CC(=O)Cc1cnccc1NC(=O)C(C)(C)C. The first kappa shape index (κ1) is 13.4. The van der Waals surface area contributed by atoms with Gasteiger partial charge >= 0.3 is 0 Å². The molecular formula is C13H18N2O2. The Kier molecular flexibility index (Phi) is 3.99. The minimum atomic E-state index is -0.462. The van der Waals surface area contributed by atoms with Gasteiger partial charge in [-0.2, -0.15) is 0 Å². The van der Waals surface area contributed by atoms with E-state index in [1.807, 2.05) is 20.8 Å². The molecule has 0 spiro atoms. The van der Waals surface area contributed by atoms with E-state index in [0.717, 1.165) is 5.56 Å². The predicted molar refractivity (Wildman–Crippen MR) is 66.7 cm³/mol. The van der Waals surface area contributed by atoms with Crippen molar-refractivity contribution in [3.05, 3.63) is 24.0 Å². The summed E-state index contributed by atoms with van der Waals surface area (Å²) in [6, 6.07) is 1.71. The standard InChI is InChI=1S/C13H18N2O2/c1-9(16)7-10-8-14-6-5-11(10)15-12(17)13(2,3)4/h5-6,8H,7H2,1-4H3,(H,14,15,17). The van der Waals surface area contributed by atoms with Crippen LogP contribution in [0.2, 0.25) is 0 Å². The second-order valence-corrected chi connectivity index (χ2v) is 5.12. The van der Waals surface area contributed by atoms with Crippen LogP contribution < -0.4 is 5.32 Å². The van der Waals surface area contributed by atoms with Crippen molar-refractivity contribution in [1.29, 1.82) is 0 Å². The number of carbonyl (C=O) groups is 2. The second-order valence-electron chi connectivity index (χ2n) is 5.12. The normalized spacial score (nSPS) is 11.1. The van der Waals surface area contributed by atoms with Crippen LogP contribution in [0.4, 0.5) is 5.69 Å². The third-order valence-electron chi connectivity index (χ3n) is 2.27. The van der Waals surface area contributed by atoms with Crippen LogP contribution in [0.15, 0.2) is 18.5 Å². The summed E-state index contributed by atoms with van der Waals surface area (Å²) in [5.41, 5.74) is 0.948. The van der Waals surface area contributed by atoms with Crippen molar-refractivity contribution in [3.8, 4) is 0 Å². The van der Waals surface area contributed by atoms with Crippen LogP contribution in [-0.4, -0.2) is 16.7 Å². The minimum absolute atomic E-state index is 0.0456. The Morgan fingerprint density at radius 3 is 2.53 bits per heavy atom. The second kappa shape index (κ2) is 5.08. The Balaban J connectivity index is 2.91. The van der Waals surface area contributed by atoms with E-state index >= 15 is 0 Å². The third-order valence-corrected chi connectivity index (χ3v) is 2.27. The fraction of sp³-hybridized carbons (Fsp3) is 0.462. The highest BCUT2D eigenvalue weighted by atomic mass is 16.2. The van der Waals surface area contributed by atoms with Crippen LogP contribution in [0.25, 0.3) is 0 Å². The first-order valence-corrected chi connectivity index (χ1v) is 5.54. The van der Waals surface area contributed by atoms with Gasteiger partial charge in [0.15, 0.2) is 0 Å². The van der Waals surface area contributed by atoms with Crippen molar-refractivity contribution in [2.24, 2.45) is 5.41 Å². The molecule has 0 aliphatic carbocycles. The van der Waals surface area contributed by atoms with Gasteiger partial charge < -0.3 is 5.32 Å². The quantitative estimate of drug-likeness (QED) is 0.872. The maximum Gasteiger partial charge on any atom is 0.229 e. The summed E-state index contributed by atoms with van der Waals surface area (Å²) < 4.78 is 0. The molecule has 1 amide bonds. The Labute approximate surface area is 101 Å². The van der Waals surface area contributed by atoms with E-state index in [9.17, 15) is 9.59 Å². The van der Waals surface area contributed by atoms with Gasteiger partial charge in [0.05, 0.1) is 0 Å². The van der Waals surface area contributed by atoms with Crippen molar-refractivity contribution in [2.75, 3.05) is 5.32 Å². The molecule has 1 rings (SSSR count). The van der Waals surface area contributed by atoms with Crippen LogP contribution in [-0.2, 0) is 16.0 Å². The van der Waals surface area contributed by atoms with Gasteiger partial charge in [0, 0.05) is 35.5 Å². The molecule has 1 aromatic rings. The number of Topliss-reactive ketones (excluding diaryl/α,β-unsaturated/α-hetero) is 1. The zero-order valence-corrected chi connectivity index (χ0v) is 10.7. The third kappa shape index (κ3) is 3.98. The minimum Gasteiger partial charge on any atom is -0.325 e. The Hall–Kier alpha value is -1.71. The number of amides is 1. The van der Waals surface area contributed by atoms with E-state index < -0.39 is 5.41 Å². The van der Waals surface area contributed by atoms with Crippen LogP contribution in [0.5, 0.6) is 0 Å². The zero-order chi connectivity index (χ0) is 13.1. The summed E-state index contributed by atoms with van der Waals surface area (Å²) in [5.74, 6) is -0.0299. The molecule has 0 aliphatic rings. The lowest BCUT2D eigenvalue weighted by atomic mass is 9.95. The Bertz CT molecular complexity index is 433. The maximum absolute atomic E-state index is 11.9. The smallest absolute Gasteiger partial charge is 0.229 e. The van der Waals surface area contributed by atoms with Crippen LogP contribution >= 0.6 is 0 Å². The predicted octanol–water partition coefficient (Wildman–Crippen LogP) is 2.20. The summed E-state index contributed by atoms with van der Waals surface area (Å²) in [4.78, 5) is 26.9. The zero-order valence-electron chi connectivity index (χ0n) is 10.7. The van der Waals surface area contributed by atoms with Gasteiger partial charge in [0.1, 0.15) is 5.78 Å². The average Bonchev–Trinajstić information content (AvgIpc) is 2.18. The molecule has 0 aliphatic heterocycles. The molecule has 0 saturated carbocycles. The lowest BCUT2D eigenvalue weighted by molar-refractivity contribution is -0.123. The molecule has 92 valence electrons. The number of hydrogen-bond donors (Lipinski definition) is 1. The molecule has 4 heteroatoms. The summed E-state index contributed by atoms with van der Waals surface area (Å²) in [5, 5.41) is 2.82. The van der Waals surface area contributed by atoms with Crippen molar-refractivity contribution in [1.82, 2.24) is 4.98 Å². The van der Waals surface area contributed by atoms with E-state index in [4.69, 9.17) is 0 Å². The Morgan fingerprint density at radius 1 is 1.35 bits per heavy atom. The summed E-state index contributed by atoms with van der Waals surface area (Å²) in [6.07, 6.45) is 3.50. The lowest BCUT2D eigenvalue weighted by Gasteiger charge is -2.18. The average molecular weight is 234 g/mol. The first-order chi connectivity index (χ1) is 7.80. The van der Waals surface area contributed by atoms with E-state index in [-0.39, 0.29) is 18.1 Å². The molecule has 0 saturated heterocycles. The topological polar surface area (TPSA) is 59.1 Å². The number of rotatable bonds is 3. The molecule has 1 heterocycles. The number of anilines is 1. The number of nitrogens with one attached hydrogen (secondary N) is 1. The molecule has 0 radical (unpaired) electrons. The first-order valence-electron chi connectivity index (χ1n) is 5.54. The monoisotopic (exact) mass is 234 g/mol. The number of nitrogens with zero attached hydrogens (tertiary/aromatic N) is 1. The van der Waals surface area contributed by atoms with Gasteiger partial charge in [-0.3, -0.25) is 14.6 Å². The lowest BCUT2D eigenvalue weighted by Crippen LogP contribution is -2.28. The van der Waals surface area contributed by atoms with Crippen molar-refractivity contribution >= 4 is 17.4 Å². The molecule has 0 aromatic carbocycles. The van der Waals surface area contributed by atoms with Crippen molar-refractivity contribution in [3.63, 3.8) is 0 Å². The van der Waals surface area contributed by atoms with Crippen LogP contribution in [0.1, 0.15) is 33.3 Å². The molecule has 4 nitrogen and oxygen atoms in total. The molecule has 0 bridgehead atoms. The summed E-state index contributed by atoms with van der Waals surface area (Å²) >= 11 is 0. The fourth-order valence-corrected chi connectivity index (χ4v) is 1.27. The number of carbonyl (C=O) groups excluding carboxylic acids is 2. The van der Waals surface area contributed by atoms with Gasteiger partial charge in [-0.15, -0.1) is 0 Å². The van der Waals surface area contributed by atoms with Gasteiger partial charge in [0.2, 0.25) is 5.91 Å². The number of ketones is 1. The maximum atomic E-state index is 11.9. The van der Waals surface area contributed by atoms with E-state index in [1.54, 1.807) is 18.5 Å². The summed E-state index contributed by atoms with van der Waals surface area (Å²) in [6.45, 7) is 7.04. The highest BCUT2D eigenvalue weighted by Crippen LogP contribution is 2.20. The highest BCUT2D eigenvalue weighted by Gasteiger charge is 2.22. The van der Waals surface area contributed by atoms with Gasteiger partial charge in [0.25, 0.3) is 0 Å². The molecule has 0 atom stereocenters. The Morgan fingerprint density at radius 2 is 2.00 bits per heavy atom. The molecule has 1 aromatic heterocycles. The number of aromatic nitrogens is 1. The highest BCUT2D eigenvalue weighted by molar-refractivity contribution is 5.95.